The van der Waals surface area contributed by atoms with Crippen LogP contribution in [0.15, 0.2) is 24.3 Å². The smallest absolute Gasteiger partial charge is 0.330 e. The molecule has 90 valence electrons. The van der Waals surface area contributed by atoms with Gasteiger partial charge in [0.25, 0.3) is 0 Å². The topological polar surface area (TPSA) is 52.6 Å². The Kier molecular flexibility index (Phi) is 7.85. The average molecular weight is 226 g/mol. The van der Waals surface area contributed by atoms with Gasteiger partial charge in [0.15, 0.2) is 0 Å². The lowest BCUT2D eigenvalue weighted by Crippen LogP contribution is -2.16. The SMILES string of the molecule is C/C=C\C(=O)OCC[C@@H](C)OC(=O)/C=C\C. The lowest BCUT2D eigenvalue weighted by atomic mass is 10.3. The summed E-state index contributed by atoms with van der Waals surface area (Å²) < 4.78 is 9.86. The van der Waals surface area contributed by atoms with E-state index in [1.807, 2.05) is 0 Å². The summed E-state index contributed by atoms with van der Waals surface area (Å²) >= 11 is 0. The van der Waals surface area contributed by atoms with E-state index >= 15 is 0 Å². The molecule has 0 unspecified atom stereocenters. The normalized spacial score (nSPS) is 12.9. The number of carbonyl (C=O) groups is 2. The van der Waals surface area contributed by atoms with Gasteiger partial charge in [0.2, 0.25) is 0 Å². The zero-order valence-corrected chi connectivity index (χ0v) is 9.93. The average Bonchev–Trinajstić information content (AvgIpc) is 2.18. The van der Waals surface area contributed by atoms with Crippen molar-refractivity contribution in [3.05, 3.63) is 24.3 Å². The molecule has 0 radical (unpaired) electrons. The van der Waals surface area contributed by atoms with Crippen LogP contribution in [0, 0.1) is 0 Å². The highest BCUT2D eigenvalue weighted by Gasteiger charge is 2.07. The number of hydrogen-bond donors (Lipinski definition) is 0. The summed E-state index contributed by atoms with van der Waals surface area (Å²) in [6, 6.07) is 0. The second-order valence-electron chi connectivity index (χ2n) is 3.20. The van der Waals surface area contributed by atoms with Gasteiger partial charge in [-0.05, 0) is 20.8 Å². The van der Waals surface area contributed by atoms with Crippen LogP contribution in [0.5, 0.6) is 0 Å². The van der Waals surface area contributed by atoms with Gasteiger partial charge < -0.3 is 9.47 Å². The van der Waals surface area contributed by atoms with Gasteiger partial charge in [0, 0.05) is 18.6 Å². The van der Waals surface area contributed by atoms with Crippen LogP contribution in [0.1, 0.15) is 27.2 Å². The number of esters is 2. The monoisotopic (exact) mass is 226 g/mol. The van der Waals surface area contributed by atoms with Crippen molar-refractivity contribution in [1.29, 1.82) is 0 Å². The van der Waals surface area contributed by atoms with Crippen molar-refractivity contribution in [3.8, 4) is 0 Å². The van der Waals surface area contributed by atoms with E-state index < -0.39 is 0 Å². The molecule has 0 spiro atoms. The maximum atomic E-state index is 11.0. The van der Waals surface area contributed by atoms with Crippen LogP contribution >= 0.6 is 0 Å². The zero-order chi connectivity index (χ0) is 12.4. The highest BCUT2D eigenvalue weighted by molar-refractivity contribution is 5.82. The lowest BCUT2D eigenvalue weighted by Gasteiger charge is -2.11. The minimum absolute atomic E-state index is 0.244. The molecule has 0 bridgehead atoms. The number of ether oxygens (including phenoxy) is 2. The van der Waals surface area contributed by atoms with Gasteiger partial charge in [-0.1, -0.05) is 12.2 Å². The van der Waals surface area contributed by atoms with Gasteiger partial charge in [-0.25, -0.2) is 9.59 Å². The maximum absolute atomic E-state index is 11.0. The van der Waals surface area contributed by atoms with E-state index in [0.29, 0.717) is 6.42 Å². The Hall–Kier alpha value is -1.58. The third-order valence-corrected chi connectivity index (χ3v) is 1.69. The van der Waals surface area contributed by atoms with Crippen molar-refractivity contribution in [2.24, 2.45) is 0 Å². The van der Waals surface area contributed by atoms with Crippen LogP contribution < -0.4 is 0 Å². The molecule has 0 aliphatic heterocycles. The standard InChI is InChI=1S/C12H18O4/c1-4-6-11(13)15-9-8-10(3)16-12(14)7-5-2/h4-7,10H,8-9H2,1-3H3/b6-4-,7-5-/t10-/m1/s1. The predicted molar refractivity (Wildman–Crippen MR) is 60.8 cm³/mol. The van der Waals surface area contributed by atoms with E-state index in [1.165, 1.54) is 12.2 Å². The van der Waals surface area contributed by atoms with Gasteiger partial charge in [-0.3, -0.25) is 0 Å². The number of allylic oxidation sites excluding steroid dienone is 2. The molecule has 16 heavy (non-hydrogen) atoms. The van der Waals surface area contributed by atoms with E-state index in [2.05, 4.69) is 0 Å². The lowest BCUT2D eigenvalue weighted by molar-refractivity contribution is -0.144. The van der Waals surface area contributed by atoms with Gasteiger partial charge in [-0.15, -0.1) is 0 Å². The highest BCUT2D eigenvalue weighted by atomic mass is 16.6. The maximum Gasteiger partial charge on any atom is 0.330 e. The van der Waals surface area contributed by atoms with Crippen LogP contribution in [0.25, 0.3) is 0 Å². The molecular weight excluding hydrogens is 208 g/mol. The van der Waals surface area contributed by atoms with Crippen molar-refractivity contribution < 1.29 is 19.1 Å². The Morgan fingerprint density at radius 3 is 2.25 bits per heavy atom. The fraction of sp³-hybridized carbons (Fsp3) is 0.500. The number of rotatable bonds is 6. The number of hydrogen-bond acceptors (Lipinski definition) is 4. The van der Waals surface area contributed by atoms with Crippen molar-refractivity contribution >= 4 is 11.9 Å². The summed E-state index contributed by atoms with van der Waals surface area (Å²) in [4.78, 5) is 21.9. The summed E-state index contributed by atoms with van der Waals surface area (Å²) in [7, 11) is 0. The minimum atomic E-state index is -0.380. The van der Waals surface area contributed by atoms with E-state index in [-0.39, 0.29) is 24.6 Å². The van der Waals surface area contributed by atoms with Gasteiger partial charge in [-0.2, -0.15) is 0 Å². The summed E-state index contributed by atoms with van der Waals surface area (Å²) in [6.07, 6.45) is 6.15. The molecule has 0 aromatic carbocycles. The van der Waals surface area contributed by atoms with Gasteiger partial charge in [0.1, 0.15) is 6.10 Å². The molecule has 0 fully saturated rings. The minimum Gasteiger partial charge on any atom is -0.462 e. The van der Waals surface area contributed by atoms with Crippen molar-refractivity contribution in [2.45, 2.75) is 33.3 Å². The quantitative estimate of drug-likeness (QED) is 0.513. The molecule has 0 aliphatic rings. The summed E-state index contributed by atoms with van der Waals surface area (Å²) in [5.74, 6) is -0.760. The van der Waals surface area contributed by atoms with Crippen LogP contribution in [0.2, 0.25) is 0 Å². The Morgan fingerprint density at radius 1 is 1.12 bits per heavy atom. The van der Waals surface area contributed by atoms with Crippen LogP contribution in [0.4, 0.5) is 0 Å². The first-order chi connectivity index (χ1) is 7.60. The largest absolute Gasteiger partial charge is 0.462 e. The summed E-state index contributed by atoms with van der Waals surface area (Å²) in [6.45, 7) is 5.48. The second kappa shape index (κ2) is 8.71. The van der Waals surface area contributed by atoms with Crippen LogP contribution in [-0.2, 0) is 19.1 Å². The van der Waals surface area contributed by atoms with E-state index in [1.54, 1.807) is 32.9 Å². The molecule has 0 rings (SSSR count). The molecule has 0 N–H and O–H groups in total. The molecule has 0 saturated carbocycles. The Balaban J connectivity index is 3.69. The fourth-order valence-electron chi connectivity index (χ4n) is 0.942. The Labute approximate surface area is 95.9 Å². The van der Waals surface area contributed by atoms with Crippen LogP contribution in [-0.4, -0.2) is 24.6 Å². The first-order valence-corrected chi connectivity index (χ1v) is 5.23. The number of carbonyl (C=O) groups excluding carboxylic acids is 2. The van der Waals surface area contributed by atoms with E-state index in [4.69, 9.17) is 9.47 Å². The molecule has 4 nitrogen and oxygen atoms in total. The molecule has 0 heterocycles. The molecule has 0 saturated heterocycles. The third-order valence-electron chi connectivity index (χ3n) is 1.69. The molecule has 0 aliphatic carbocycles. The first kappa shape index (κ1) is 14.4. The molecule has 0 aromatic heterocycles. The Morgan fingerprint density at radius 2 is 1.69 bits per heavy atom. The summed E-state index contributed by atoms with van der Waals surface area (Å²) in [5.41, 5.74) is 0. The first-order valence-electron chi connectivity index (χ1n) is 5.23. The van der Waals surface area contributed by atoms with E-state index in [9.17, 15) is 9.59 Å². The Bertz CT molecular complexity index is 279. The van der Waals surface area contributed by atoms with E-state index in [0.717, 1.165) is 0 Å². The zero-order valence-electron chi connectivity index (χ0n) is 9.93. The molecule has 0 aromatic rings. The third kappa shape index (κ3) is 7.79. The molecular formula is C12H18O4. The van der Waals surface area contributed by atoms with Gasteiger partial charge >= 0.3 is 11.9 Å². The van der Waals surface area contributed by atoms with Crippen molar-refractivity contribution in [2.75, 3.05) is 6.61 Å². The molecule has 1 atom stereocenters. The van der Waals surface area contributed by atoms with Crippen LogP contribution in [0.3, 0.4) is 0 Å². The van der Waals surface area contributed by atoms with Crippen molar-refractivity contribution in [1.82, 2.24) is 0 Å². The second-order valence-corrected chi connectivity index (χ2v) is 3.20. The molecule has 0 amide bonds. The predicted octanol–water partition coefficient (Wildman–Crippen LogP) is 2.00. The fourth-order valence-corrected chi connectivity index (χ4v) is 0.942. The highest BCUT2D eigenvalue weighted by Crippen LogP contribution is 1.99. The molecule has 4 heteroatoms. The van der Waals surface area contributed by atoms with Crippen molar-refractivity contribution in [3.63, 3.8) is 0 Å². The van der Waals surface area contributed by atoms with Gasteiger partial charge in [0.05, 0.1) is 6.61 Å². The summed E-state index contributed by atoms with van der Waals surface area (Å²) in [5, 5.41) is 0.